The second-order valence-electron chi connectivity index (χ2n) is 10.1. The summed E-state index contributed by atoms with van der Waals surface area (Å²) in [7, 11) is 1.85. The fourth-order valence-corrected chi connectivity index (χ4v) is 5.65. The van der Waals surface area contributed by atoms with Crippen LogP contribution in [0.15, 0.2) is 0 Å². The summed E-state index contributed by atoms with van der Waals surface area (Å²) in [5, 5.41) is 20.4. The number of aliphatic hydroxyl groups excluding tert-OH is 1. The van der Waals surface area contributed by atoms with Crippen LogP contribution in [0.1, 0.15) is 65.2 Å². The standard InChI is InChI=1S/C24H48N4O3/c1-18(2)28(12-14-29)13-15-31-23-10-6-21(7-11-23)27-24-25-16-20(17-26-24)19-4-8-22(30-3)9-5-19/h18-27,29H,4-17H2,1-3H3. The van der Waals surface area contributed by atoms with Crippen LogP contribution in [0.25, 0.3) is 0 Å². The highest BCUT2D eigenvalue weighted by Crippen LogP contribution is 2.31. The van der Waals surface area contributed by atoms with Crippen LogP contribution in [0.5, 0.6) is 0 Å². The van der Waals surface area contributed by atoms with Crippen molar-refractivity contribution in [2.45, 2.75) is 95.8 Å². The number of nitrogens with one attached hydrogen (secondary N) is 3. The molecule has 0 radical (unpaired) electrons. The molecule has 7 heteroatoms. The molecule has 3 aliphatic rings. The largest absolute Gasteiger partial charge is 0.395 e. The number of ether oxygens (including phenoxy) is 2. The third-order valence-corrected chi connectivity index (χ3v) is 7.81. The monoisotopic (exact) mass is 440 g/mol. The molecule has 0 aromatic rings. The van der Waals surface area contributed by atoms with Crippen LogP contribution in [0.4, 0.5) is 0 Å². The first-order valence-electron chi connectivity index (χ1n) is 12.8. The summed E-state index contributed by atoms with van der Waals surface area (Å²) in [5.74, 6) is 1.58. The molecule has 31 heavy (non-hydrogen) atoms. The lowest BCUT2D eigenvalue weighted by Gasteiger charge is -2.40. The van der Waals surface area contributed by atoms with Gasteiger partial charge in [0.2, 0.25) is 0 Å². The Morgan fingerprint density at radius 2 is 1.55 bits per heavy atom. The van der Waals surface area contributed by atoms with Crippen molar-refractivity contribution in [3.05, 3.63) is 0 Å². The summed E-state index contributed by atoms with van der Waals surface area (Å²) in [6.07, 6.45) is 10.8. The van der Waals surface area contributed by atoms with E-state index in [-0.39, 0.29) is 12.9 Å². The van der Waals surface area contributed by atoms with E-state index in [1.807, 2.05) is 7.11 Å². The van der Waals surface area contributed by atoms with Crippen LogP contribution in [0, 0.1) is 11.8 Å². The van der Waals surface area contributed by atoms with Gasteiger partial charge in [-0.3, -0.25) is 20.9 Å². The SMILES string of the molecule is COC1CCC(C2CNC(NC3CCC(OCCN(CCO)C(C)C)CC3)NC2)CC1. The van der Waals surface area contributed by atoms with Gasteiger partial charge >= 0.3 is 0 Å². The van der Waals surface area contributed by atoms with Gasteiger partial charge in [0.25, 0.3) is 0 Å². The Kier molecular flexibility index (Phi) is 11.0. The Labute approximate surface area is 190 Å². The van der Waals surface area contributed by atoms with Gasteiger partial charge in [0.15, 0.2) is 0 Å². The average Bonchev–Trinajstić information content (AvgIpc) is 2.80. The summed E-state index contributed by atoms with van der Waals surface area (Å²) in [5.41, 5.74) is 0. The zero-order valence-corrected chi connectivity index (χ0v) is 20.2. The molecule has 1 saturated heterocycles. The van der Waals surface area contributed by atoms with Gasteiger partial charge in [-0.2, -0.15) is 0 Å². The molecule has 7 nitrogen and oxygen atoms in total. The second kappa shape index (κ2) is 13.4. The molecule has 0 atom stereocenters. The Balaban J connectivity index is 1.26. The van der Waals surface area contributed by atoms with Crippen molar-refractivity contribution < 1.29 is 14.6 Å². The van der Waals surface area contributed by atoms with Crippen LogP contribution in [-0.2, 0) is 9.47 Å². The van der Waals surface area contributed by atoms with Crippen LogP contribution < -0.4 is 16.0 Å². The molecular formula is C24H48N4O3. The Morgan fingerprint density at radius 3 is 2.13 bits per heavy atom. The van der Waals surface area contributed by atoms with E-state index in [0.29, 0.717) is 24.3 Å². The summed E-state index contributed by atoms with van der Waals surface area (Å²) >= 11 is 0. The summed E-state index contributed by atoms with van der Waals surface area (Å²) in [6, 6.07) is 1.02. The van der Waals surface area contributed by atoms with Gasteiger partial charge in [-0.15, -0.1) is 0 Å². The van der Waals surface area contributed by atoms with Gasteiger partial charge in [0.05, 0.1) is 25.4 Å². The molecule has 0 aromatic heterocycles. The minimum Gasteiger partial charge on any atom is -0.395 e. The molecule has 1 heterocycles. The predicted octanol–water partition coefficient (Wildman–Crippen LogP) is 1.90. The van der Waals surface area contributed by atoms with Crippen molar-refractivity contribution in [1.82, 2.24) is 20.9 Å². The summed E-state index contributed by atoms with van der Waals surface area (Å²) in [6.45, 7) is 9.20. The van der Waals surface area contributed by atoms with E-state index in [0.717, 1.165) is 57.5 Å². The zero-order chi connectivity index (χ0) is 22.1. The van der Waals surface area contributed by atoms with Crippen molar-refractivity contribution in [2.24, 2.45) is 11.8 Å². The predicted molar refractivity (Wildman–Crippen MR) is 125 cm³/mol. The van der Waals surface area contributed by atoms with Crippen molar-refractivity contribution in [2.75, 3.05) is 46.5 Å². The van der Waals surface area contributed by atoms with Gasteiger partial charge in [-0.1, -0.05) is 0 Å². The first-order valence-corrected chi connectivity index (χ1v) is 12.8. The van der Waals surface area contributed by atoms with Crippen LogP contribution in [0.2, 0.25) is 0 Å². The zero-order valence-electron chi connectivity index (χ0n) is 20.2. The second-order valence-corrected chi connectivity index (χ2v) is 10.1. The van der Waals surface area contributed by atoms with E-state index >= 15 is 0 Å². The Hall–Kier alpha value is -0.280. The molecule has 0 unspecified atom stereocenters. The maximum atomic E-state index is 9.19. The van der Waals surface area contributed by atoms with Crippen LogP contribution >= 0.6 is 0 Å². The van der Waals surface area contributed by atoms with Gasteiger partial charge in [0, 0.05) is 45.4 Å². The molecule has 0 spiro atoms. The van der Waals surface area contributed by atoms with Gasteiger partial charge < -0.3 is 14.6 Å². The molecule has 3 rings (SSSR count). The lowest BCUT2D eigenvalue weighted by molar-refractivity contribution is 0.00342. The Morgan fingerprint density at radius 1 is 0.903 bits per heavy atom. The molecule has 3 fully saturated rings. The highest BCUT2D eigenvalue weighted by Gasteiger charge is 2.31. The molecule has 0 bridgehead atoms. The molecule has 4 N–H and O–H groups in total. The third-order valence-electron chi connectivity index (χ3n) is 7.81. The number of nitrogens with zero attached hydrogens (tertiary/aromatic N) is 1. The van der Waals surface area contributed by atoms with E-state index in [2.05, 4.69) is 34.7 Å². The summed E-state index contributed by atoms with van der Waals surface area (Å²) in [4.78, 5) is 2.28. The maximum Gasteiger partial charge on any atom is 0.112 e. The van der Waals surface area contributed by atoms with Gasteiger partial charge in [0.1, 0.15) is 6.29 Å². The molecule has 2 aliphatic carbocycles. The first kappa shape index (κ1) is 25.3. The van der Waals surface area contributed by atoms with Crippen LogP contribution in [0.3, 0.4) is 0 Å². The highest BCUT2D eigenvalue weighted by molar-refractivity contribution is 4.87. The van der Waals surface area contributed by atoms with Gasteiger partial charge in [-0.05, 0) is 77.0 Å². The number of methoxy groups -OCH3 is 1. The van der Waals surface area contributed by atoms with Crippen molar-refractivity contribution >= 4 is 0 Å². The van der Waals surface area contributed by atoms with Crippen molar-refractivity contribution in [3.63, 3.8) is 0 Å². The van der Waals surface area contributed by atoms with Gasteiger partial charge in [-0.25, -0.2) is 0 Å². The molecule has 1 aliphatic heterocycles. The molecule has 0 amide bonds. The first-order chi connectivity index (χ1) is 15.1. The van der Waals surface area contributed by atoms with E-state index in [9.17, 15) is 5.11 Å². The number of hydrogen-bond acceptors (Lipinski definition) is 7. The highest BCUT2D eigenvalue weighted by atomic mass is 16.5. The number of hydrogen-bond donors (Lipinski definition) is 4. The average molecular weight is 441 g/mol. The third kappa shape index (κ3) is 8.22. The van der Waals surface area contributed by atoms with Crippen molar-refractivity contribution in [3.8, 4) is 0 Å². The number of aliphatic hydroxyl groups is 1. The Bertz CT molecular complexity index is 471. The fourth-order valence-electron chi connectivity index (χ4n) is 5.65. The lowest BCUT2D eigenvalue weighted by atomic mass is 9.78. The van der Waals surface area contributed by atoms with E-state index in [1.54, 1.807) is 0 Å². The van der Waals surface area contributed by atoms with E-state index < -0.39 is 0 Å². The number of rotatable bonds is 11. The molecule has 182 valence electrons. The fraction of sp³-hybridized carbons (Fsp3) is 1.00. The normalized spacial score (nSPS) is 35.0. The maximum absolute atomic E-state index is 9.19. The minimum atomic E-state index is 0.216. The lowest BCUT2D eigenvalue weighted by Crippen LogP contribution is -2.63. The van der Waals surface area contributed by atoms with Crippen molar-refractivity contribution in [1.29, 1.82) is 0 Å². The molecular weight excluding hydrogens is 392 g/mol. The molecule has 2 saturated carbocycles. The van der Waals surface area contributed by atoms with Crippen LogP contribution in [-0.4, -0.2) is 87.1 Å². The quantitative estimate of drug-likeness (QED) is 0.391. The van der Waals surface area contributed by atoms with E-state index in [4.69, 9.17) is 9.47 Å². The smallest absolute Gasteiger partial charge is 0.112 e. The minimum absolute atomic E-state index is 0.216. The summed E-state index contributed by atoms with van der Waals surface area (Å²) < 4.78 is 11.7. The van der Waals surface area contributed by atoms with E-state index in [1.165, 1.54) is 38.5 Å². The topological polar surface area (TPSA) is 78.0 Å². The molecule has 0 aromatic carbocycles.